The van der Waals surface area contributed by atoms with Gasteiger partial charge in [-0.1, -0.05) is 11.3 Å². The first-order valence-corrected chi connectivity index (χ1v) is 11.6. The fourth-order valence-electron chi connectivity index (χ4n) is 5.34. The van der Waals surface area contributed by atoms with E-state index in [0.717, 1.165) is 32.0 Å². The second-order valence-electron chi connectivity index (χ2n) is 9.02. The molecular formula is C23H25FN6S. The maximum Gasteiger partial charge on any atom is 0.186 e. The molecular weight excluding hydrogens is 411 g/mol. The average Bonchev–Trinajstić information content (AvgIpc) is 3.39. The lowest BCUT2D eigenvalue weighted by Crippen LogP contribution is -2.47. The minimum Gasteiger partial charge on any atom is -0.348 e. The molecule has 0 radical (unpaired) electrons. The van der Waals surface area contributed by atoms with E-state index in [0.29, 0.717) is 23.6 Å². The van der Waals surface area contributed by atoms with Crippen molar-refractivity contribution in [1.29, 1.82) is 0 Å². The van der Waals surface area contributed by atoms with Gasteiger partial charge >= 0.3 is 0 Å². The summed E-state index contributed by atoms with van der Waals surface area (Å²) in [5.74, 6) is -0.323. The van der Waals surface area contributed by atoms with Crippen LogP contribution in [0.3, 0.4) is 0 Å². The van der Waals surface area contributed by atoms with Crippen LogP contribution in [0.25, 0.3) is 32.4 Å². The number of aryl methyl sites for hydroxylation is 1. The first kappa shape index (κ1) is 19.1. The first-order chi connectivity index (χ1) is 15.0. The molecule has 2 aliphatic heterocycles. The number of fused-ring (bicyclic) bond motifs is 4. The molecule has 2 aliphatic rings. The third-order valence-corrected chi connectivity index (χ3v) is 8.27. The average molecular weight is 437 g/mol. The van der Waals surface area contributed by atoms with E-state index in [1.54, 1.807) is 23.1 Å². The van der Waals surface area contributed by atoms with E-state index in [1.165, 1.54) is 31.7 Å². The van der Waals surface area contributed by atoms with Crippen molar-refractivity contribution < 1.29 is 4.39 Å². The van der Waals surface area contributed by atoms with Crippen LogP contribution in [0.5, 0.6) is 0 Å². The number of piperidine rings is 1. The Morgan fingerprint density at radius 2 is 1.90 bits per heavy atom. The summed E-state index contributed by atoms with van der Waals surface area (Å²) < 4.78 is 17.3. The van der Waals surface area contributed by atoms with Crippen LogP contribution in [-0.2, 0) is 7.05 Å². The lowest BCUT2D eigenvalue weighted by molar-refractivity contribution is 0.161. The van der Waals surface area contributed by atoms with Crippen LogP contribution in [-0.4, -0.2) is 56.9 Å². The Hall–Kier alpha value is -2.58. The fraction of sp³-hybridized carbons (Fsp3) is 0.435. The van der Waals surface area contributed by atoms with Crippen molar-refractivity contribution in [2.75, 3.05) is 19.0 Å². The Balaban J connectivity index is 1.32. The van der Waals surface area contributed by atoms with Gasteiger partial charge in [-0.05, 0) is 50.9 Å². The van der Waals surface area contributed by atoms with Gasteiger partial charge in [0.2, 0.25) is 0 Å². The summed E-state index contributed by atoms with van der Waals surface area (Å²) in [6.45, 7) is 0. The fourth-order valence-corrected chi connectivity index (χ4v) is 6.35. The molecule has 5 heterocycles. The summed E-state index contributed by atoms with van der Waals surface area (Å²) in [5.41, 5.74) is 2.80. The zero-order chi connectivity index (χ0) is 21.3. The van der Waals surface area contributed by atoms with Crippen LogP contribution in [0.1, 0.15) is 25.7 Å². The molecule has 0 N–H and O–H groups in total. The Morgan fingerprint density at radius 1 is 1.13 bits per heavy atom. The highest BCUT2D eigenvalue weighted by Crippen LogP contribution is 2.39. The smallest absolute Gasteiger partial charge is 0.186 e. The molecule has 0 saturated carbocycles. The van der Waals surface area contributed by atoms with Gasteiger partial charge in [-0.25, -0.2) is 9.37 Å². The first-order valence-electron chi connectivity index (χ1n) is 10.8. The van der Waals surface area contributed by atoms with Gasteiger partial charge in [-0.2, -0.15) is 5.10 Å². The molecule has 6 nitrogen and oxygen atoms in total. The van der Waals surface area contributed by atoms with Crippen LogP contribution in [0.4, 0.5) is 9.52 Å². The number of halogens is 1. The van der Waals surface area contributed by atoms with E-state index in [1.807, 2.05) is 24.5 Å². The highest BCUT2D eigenvalue weighted by molar-refractivity contribution is 7.22. The Bertz CT molecular complexity index is 1280. The molecule has 2 saturated heterocycles. The largest absolute Gasteiger partial charge is 0.348 e. The topological polar surface area (TPSA) is 50.1 Å². The lowest BCUT2D eigenvalue weighted by Gasteiger charge is -2.40. The lowest BCUT2D eigenvalue weighted by atomic mass is 9.97. The maximum absolute atomic E-state index is 14.5. The Labute approximate surface area is 184 Å². The van der Waals surface area contributed by atoms with Crippen molar-refractivity contribution in [3.05, 3.63) is 36.4 Å². The second kappa shape index (κ2) is 6.97. The van der Waals surface area contributed by atoms with Gasteiger partial charge < -0.3 is 9.80 Å². The van der Waals surface area contributed by atoms with Gasteiger partial charge in [0.05, 0.1) is 16.6 Å². The molecule has 31 heavy (non-hydrogen) atoms. The summed E-state index contributed by atoms with van der Waals surface area (Å²) in [5, 5.41) is 6.01. The van der Waals surface area contributed by atoms with E-state index in [-0.39, 0.29) is 5.82 Å². The molecule has 4 aromatic rings. The van der Waals surface area contributed by atoms with Crippen LogP contribution in [0.15, 0.2) is 30.6 Å². The minimum atomic E-state index is -0.323. The molecule has 0 amide bonds. The maximum atomic E-state index is 14.5. The molecule has 2 bridgehead atoms. The zero-order valence-corrected chi connectivity index (χ0v) is 18.7. The molecule has 6 rings (SSSR count). The van der Waals surface area contributed by atoms with Crippen molar-refractivity contribution in [3.63, 3.8) is 0 Å². The summed E-state index contributed by atoms with van der Waals surface area (Å²) in [7, 11) is 6.25. The predicted octanol–water partition coefficient (Wildman–Crippen LogP) is 4.45. The van der Waals surface area contributed by atoms with E-state index in [4.69, 9.17) is 4.98 Å². The standard InChI is InChI=1S/C23H25FN6S/c1-28-12-14-6-13(7-18(24)22(14)27-28)19-10-21-20(11-25-19)26-23(31-21)30(3)17-8-15-4-5-16(9-17)29(15)2/h6-7,10-12,15-17H,4-5,8-9H2,1-3H3/t15-,16+,17?. The number of hydrogen-bond acceptors (Lipinski definition) is 6. The van der Waals surface area contributed by atoms with Crippen LogP contribution in [0, 0.1) is 5.82 Å². The van der Waals surface area contributed by atoms with Crippen molar-refractivity contribution >= 4 is 37.6 Å². The van der Waals surface area contributed by atoms with E-state index in [9.17, 15) is 4.39 Å². The van der Waals surface area contributed by atoms with Crippen LogP contribution >= 0.6 is 11.3 Å². The van der Waals surface area contributed by atoms with Gasteiger partial charge in [-0.15, -0.1) is 0 Å². The van der Waals surface area contributed by atoms with E-state index < -0.39 is 0 Å². The molecule has 2 fully saturated rings. The number of thiazole rings is 1. The third-order valence-electron chi connectivity index (χ3n) is 7.16. The van der Waals surface area contributed by atoms with Crippen LogP contribution in [0.2, 0.25) is 0 Å². The number of nitrogens with zero attached hydrogens (tertiary/aromatic N) is 6. The quantitative estimate of drug-likeness (QED) is 0.475. The molecule has 8 heteroatoms. The Morgan fingerprint density at radius 3 is 2.68 bits per heavy atom. The monoisotopic (exact) mass is 436 g/mol. The highest BCUT2D eigenvalue weighted by atomic mass is 32.1. The van der Waals surface area contributed by atoms with Crippen molar-refractivity contribution in [2.24, 2.45) is 7.05 Å². The van der Waals surface area contributed by atoms with Crippen molar-refractivity contribution in [2.45, 2.75) is 43.8 Å². The zero-order valence-electron chi connectivity index (χ0n) is 17.9. The third kappa shape index (κ3) is 3.11. The van der Waals surface area contributed by atoms with Gasteiger partial charge in [0.1, 0.15) is 11.0 Å². The van der Waals surface area contributed by atoms with Gasteiger partial charge in [0, 0.05) is 49.4 Å². The summed E-state index contributed by atoms with van der Waals surface area (Å²) >= 11 is 1.69. The highest BCUT2D eigenvalue weighted by Gasteiger charge is 2.40. The number of hydrogen-bond donors (Lipinski definition) is 0. The van der Waals surface area contributed by atoms with Gasteiger partial charge in [-0.3, -0.25) is 9.67 Å². The number of anilines is 1. The molecule has 3 aromatic heterocycles. The number of pyridine rings is 1. The summed E-state index contributed by atoms with van der Waals surface area (Å²) in [6, 6.07) is 7.43. The Kier molecular flexibility index (Phi) is 4.30. The molecule has 160 valence electrons. The second-order valence-corrected chi connectivity index (χ2v) is 10.0. The van der Waals surface area contributed by atoms with Crippen molar-refractivity contribution in [1.82, 2.24) is 24.6 Å². The molecule has 0 aliphatic carbocycles. The molecule has 0 spiro atoms. The number of rotatable bonds is 3. The van der Waals surface area contributed by atoms with Crippen LogP contribution < -0.4 is 4.90 Å². The number of aromatic nitrogens is 4. The normalized spacial score (nSPS) is 23.8. The SMILES string of the molecule is CN(c1nc2cnc(-c3cc(F)c4nn(C)cc4c3)cc2s1)C1C[C@H]2CC[C@@H](C1)N2C. The predicted molar refractivity (Wildman–Crippen MR) is 123 cm³/mol. The number of benzene rings is 1. The van der Waals surface area contributed by atoms with E-state index in [2.05, 4.69) is 34.0 Å². The van der Waals surface area contributed by atoms with Gasteiger partial charge in [0.15, 0.2) is 10.9 Å². The summed E-state index contributed by atoms with van der Waals surface area (Å²) in [6.07, 6.45) is 8.67. The molecule has 3 atom stereocenters. The van der Waals surface area contributed by atoms with Crippen molar-refractivity contribution in [3.8, 4) is 11.3 Å². The molecule has 1 unspecified atom stereocenters. The van der Waals surface area contributed by atoms with E-state index >= 15 is 0 Å². The minimum absolute atomic E-state index is 0.323. The summed E-state index contributed by atoms with van der Waals surface area (Å²) in [4.78, 5) is 14.4. The van der Waals surface area contributed by atoms with Gasteiger partial charge in [0.25, 0.3) is 0 Å². The molecule has 1 aromatic carbocycles.